The number of carbonyl (C=O) groups is 1. The third-order valence-corrected chi connectivity index (χ3v) is 7.11. The van der Waals surface area contributed by atoms with Crippen molar-refractivity contribution in [2.75, 3.05) is 6.61 Å². The first-order chi connectivity index (χ1) is 18.2. The summed E-state index contributed by atoms with van der Waals surface area (Å²) in [6.07, 6.45) is -17.8. The molecule has 2 saturated heterocycles. The summed E-state index contributed by atoms with van der Waals surface area (Å²) in [5, 5.41) is 83.2. The van der Waals surface area contributed by atoms with Crippen LogP contribution in [0.5, 0.6) is 0 Å². The topological polar surface area (TPSA) is 348 Å². The summed E-state index contributed by atoms with van der Waals surface area (Å²) in [6, 6.07) is -4.34. The third-order valence-electron chi connectivity index (χ3n) is 7.11. The first kappa shape index (κ1) is 31.3. The number of aliphatic imine (C=N–C) groups is 1. The van der Waals surface area contributed by atoms with Crippen molar-refractivity contribution in [1.29, 1.82) is 5.41 Å². The van der Waals surface area contributed by atoms with Crippen LogP contribution in [0.25, 0.3) is 0 Å². The largest absolute Gasteiger partial charge is 0.394 e. The minimum Gasteiger partial charge on any atom is -0.394 e. The quantitative estimate of drug-likeness (QED) is 0.0735. The smallest absolute Gasteiger partial charge is 0.188 e. The molecule has 1 aliphatic carbocycles. The number of hydrogen-bond donors (Lipinski definition) is 13. The Morgan fingerprint density at radius 2 is 1.67 bits per heavy atom. The lowest BCUT2D eigenvalue weighted by molar-refractivity contribution is -0.311. The molecule has 0 aromatic carbocycles. The van der Waals surface area contributed by atoms with E-state index in [1.165, 1.54) is 6.92 Å². The van der Waals surface area contributed by atoms with Crippen LogP contribution in [-0.2, 0) is 23.7 Å². The van der Waals surface area contributed by atoms with E-state index in [-0.39, 0.29) is 6.29 Å². The summed E-state index contributed by atoms with van der Waals surface area (Å²) in [5.74, 6) is -1.18. The maximum Gasteiger partial charge on any atom is 0.188 e. The van der Waals surface area contributed by atoms with E-state index in [0.717, 1.165) is 0 Å². The highest BCUT2D eigenvalue weighted by Gasteiger charge is 2.60. The van der Waals surface area contributed by atoms with Crippen LogP contribution in [0.1, 0.15) is 6.92 Å². The van der Waals surface area contributed by atoms with Gasteiger partial charge in [0.1, 0.15) is 54.9 Å². The highest BCUT2D eigenvalue weighted by atomic mass is 16.8. The number of aliphatic hydroxyl groups is 7. The van der Waals surface area contributed by atoms with Crippen LogP contribution in [0.4, 0.5) is 0 Å². The van der Waals surface area contributed by atoms with Gasteiger partial charge in [-0.05, 0) is 6.92 Å². The SMILES string of the molecule is C[C@@H]1O[C@@H](O[C@H]2[C@H](O)[C@@H](O)[C@H](N=C(N)N)[C@@H](O)[C@@H]2NC(=N)N)[C@H](O[C@@H]2O[C@@H](CO)[C@H](O)[C@@H](O)[C@@H]2N)[C@@]1(O)C=O. The molecule has 0 radical (unpaired) electrons. The fourth-order valence-electron chi connectivity index (χ4n) is 4.85. The van der Waals surface area contributed by atoms with Gasteiger partial charge in [0.2, 0.25) is 0 Å². The highest BCUT2D eigenvalue weighted by molar-refractivity contribution is 5.76. The normalized spacial score (nSPS) is 48.3. The van der Waals surface area contributed by atoms with Crippen LogP contribution in [0, 0.1) is 5.41 Å². The molecule has 1 saturated carbocycles. The molecule has 224 valence electrons. The molecule has 19 heteroatoms. The number of carbonyl (C=O) groups excluding carboxylic acids is 1. The lowest BCUT2D eigenvalue weighted by Gasteiger charge is -2.46. The molecule has 0 bridgehead atoms. The maximum atomic E-state index is 12.0. The molecule has 15 atom stereocenters. The van der Waals surface area contributed by atoms with Gasteiger partial charge in [0.15, 0.2) is 36.4 Å². The van der Waals surface area contributed by atoms with Crippen molar-refractivity contribution in [3.05, 3.63) is 0 Å². The van der Waals surface area contributed by atoms with Crippen molar-refractivity contribution < 1.29 is 59.5 Å². The Bertz CT molecular complexity index is 912. The monoisotopic (exact) mass is 567 g/mol. The predicted octanol–water partition coefficient (Wildman–Crippen LogP) is -8.21. The van der Waals surface area contributed by atoms with E-state index in [9.17, 15) is 40.5 Å². The standard InChI is InChI=1S/C20H37N7O12/c1-4-20(35,3-29)15(39-16-6(21)10(31)9(30)5(2-28)37-16)17(36-4)38-14-8(27-19(24)25)11(32)7(26-18(22)23)12(33)13(14)34/h3-17,28,30-35H,2,21H2,1H3,(H4,22,23,26)(H4,24,25,27)/t4-,5-,6-,7+,8-,9-,10-,11+,12-,13+,14+,15-,16-,17-,20+/m0/s1. The zero-order valence-electron chi connectivity index (χ0n) is 20.8. The lowest BCUT2D eigenvalue weighted by atomic mass is 9.81. The van der Waals surface area contributed by atoms with Crippen LogP contribution in [-0.4, -0.2) is 152 Å². The zero-order chi connectivity index (χ0) is 29.4. The molecule has 0 aromatic rings. The molecule has 3 aliphatic rings. The zero-order valence-corrected chi connectivity index (χ0v) is 20.8. The number of hydrogen-bond acceptors (Lipinski definition) is 15. The first-order valence-electron chi connectivity index (χ1n) is 11.9. The summed E-state index contributed by atoms with van der Waals surface area (Å²) in [7, 11) is 0. The van der Waals surface area contributed by atoms with E-state index in [1.807, 2.05) is 0 Å². The molecule has 2 aliphatic heterocycles. The average Bonchev–Trinajstić information content (AvgIpc) is 3.11. The molecular formula is C20H37N7O12. The van der Waals surface area contributed by atoms with Crippen molar-refractivity contribution in [3.8, 4) is 0 Å². The first-order valence-corrected chi connectivity index (χ1v) is 11.9. The van der Waals surface area contributed by atoms with E-state index in [4.69, 9.17) is 47.3 Å². The van der Waals surface area contributed by atoms with Crippen molar-refractivity contribution in [3.63, 3.8) is 0 Å². The van der Waals surface area contributed by atoms with E-state index >= 15 is 0 Å². The van der Waals surface area contributed by atoms with Crippen LogP contribution < -0.4 is 28.3 Å². The number of nitrogens with two attached hydrogens (primary N) is 4. The molecule has 0 unspecified atom stereocenters. The van der Waals surface area contributed by atoms with Gasteiger partial charge in [-0.2, -0.15) is 0 Å². The second kappa shape index (κ2) is 12.1. The third kappa shape index (κ3) is 5.94. The lowest BCUT2D eigenvalue weighted by Crippen LogP contribution is -2.70. The molecule has 3 fully saturated rings. The molecule has 2 heterocycles. The fourth-order valence-corrected chi connectivity index (χ4v) is 4.85. The van der Waals surface area contributed by atoms with E-state index in [1.54, 1.807) is 0 Å². The Morgan fingerprint density at radius 1 is 1.03 bits per heavy atom. The molecule has 0 amide bonds. The van der Waals surface area contributed by atoms with E-state index < -0.39 is 110 Å². The number of guanidine groups is 2. The highest BCUT2D eigenvalue weighted by Crippen LogP contribution is 2.38. The second-order valence-electron chi connectivity index (χ2n) is 9.69. The second-order valence-corrected chi connectivity index (χ2v) is 9.69. The summed E-state index contributed by atoms with van der Waals surface area (Å²) in [5.41, 5.74) is 19.6. The van der Waals surface area contributed by atoms with Gasteiger partial charge in [-0.1, -0.05) is 0 Å². The number of rotatable bonds is 8. The van der Waals surface area contributed by atoms with Crippen LogP contribution >= 0.6 is 0 Å². The number of aliphatic hydroxyl groups excluding tert-OH is 6. The number of ether oxygens (including phenoxy) is 4. The van der Waals surface area contributed by atoms with E-state index in [0.29, 0.717) is 0 Å². The minimum absolute atomic E-state index is 0.107. The van der Waals surface area contributed by atoms with Crippen molar-refractivity contribution in [2.45, 2.75) is 98.2 Å². The minimum atomic E-state index is -2.41. The maximum absolute atomic E-state index is 12.0. The van der Waals surface area contributed by atoms with Gasteiger partial charge in [0.05, 0.1) is 24.8 Å². The van der Waals surface area contributed by atoms with Gasteiger partial charge < -0.3 is 82.9 Å². The fraction of sp³-hybridized carbons (Fsp3) is 0.850. The molecule has 19 nitrogen and oxygen atoms in total. The Morgan fingerprint density at radius 3 is 2.21 bits per heavy atom. The Labute approximate surface area is 221 Å². The van der Waals surface area contributed by atoms with Gasteiger partial charge in [-0.3, -0.25) is 10.2 Å². The summed E-state index contributed by atoms with van der Waals surface area (Å²) in [4.78, 5) is 15.7. The Hall–Kier alpha value is -2.27. The van der Waals surface area contributed by atoms with Gasteiger partial charge in [0.25, 0.3) is 0 Å². The number of aldehydes is 1. The predicted molar refractivity (Wildman–Crippen MR) is 127 cm³/mol. The van der Waals surface area contributed by atoms with Gasteiger partial charge in [-0.25, -0.2) is 4.99 Å². The van der Waals surface area contributed by atoms with Crippen LogP contribution in [0.2, 0.25) is 0 Å². The van der Waals surface area contributed by atoms with Crippen LogP contribution in [0.15, 0.2) is 4.99 Å². The van der Waals surface area contributed by atoms with Gasteiger partial charge in [0, 0.05) is 0 Å². The van der Waals surface area contributed by atoms with Crippen molar-refractivity contribution >= 4 is 18.2 Å². The Kier molecular flexibility index (Phi) is 9.68. The Balaban J connectivity index is 1.93. The molecule has 39 heavy (non-hydrogen) atoms. The number of nitrogens with zero attached hydrogens (tertiary/aromatic N) is 1. The average molecular weight is 568 g/mol. The summed E-state index contributed by atoms with van der Waals surface area (Å²) < 4.78 is 22.5. The molecular weight excluding hydrogens is 530 g/mol. The molecule has 17 N–H and O–H groups in total. The van der Waals surface area contributed by atoms with Gasteiger partial charge >= 0.3 is 0 Å². The van der Waals surface area contributed by atoms with Crippen molar-refractivity contribution in [1.82, 2.24) is 5.32 Å². The molecule has 0 spiro atoms. The van der Waals surface area contributed by atoms with Crippen molar-refractivity contribution in [2.24, 2.45) is 27.9 Å². The summed E-state index contributed by atoms with van der Waals surface area (Å²) in [6.45, 7) is 0.561. The van der Waals surface area contributed by atoms with Gasteiger partial charge in [-0.15, -0.1) is 0 Å². The van der Waals surface area contributed by atoms with E-state index in [2.05, 4.69) is 10.3 Å². The van der Waals surface area contributed by atoms with Crippen LogP contribution in [0.3, 0.4) is 0 Å². The molecule has 3 rings (SSSR count). The number of nitrogens with one attached hydrogen (secondary N) is 2. The summed E-state index contributed by atoms with van der Waals surface area (Å²) >= 11 is 0. The molecule has 0 aromatic heterocycles.